The number of methoxy groups -OCH3 is 2. The number of rotatable bonds is 7. The van der Waals surface area contributed by atoms with Gasteiger partial charge in [-0.2, -0.15) is 5.26 Å². The van der Waals surface area contributed by atoms with Crippen LogP contribution in [-0.4, -0.2) is 54.9 Å². The number of fused-ring (bicyclic) bond motifs is 1. The van der Waals surface area contributed by atoms with Crippen LogP contribution in [0.1, 0.15) is 24.1 Å². The molecule has 1 fully saturated rings. The Kier molecular flexibility index (Phi) is 5.88. The van der Waals surface area contributed by atoms with Gasteiger partial charge in [-0.25, -0.2) is 4.98 Å². The van der Waals surface area contributed by atoms with Gasteiger partial charge >= 0.3 is 0 Å². The van der Waals surface area contributed by atoms with Crippen LogP contribution < -0.4 is 14.2 Å². The summed E-state index contributed by atoms with van der Waals surface area (Å²) < 4.78 is 18.7. The molecule has 3 heterocycles. The molecule has 2 aromatic heterocycles. The van der Waals surface area contributed by atoms with Crippen LogP contribution in [0, 0.1) is 11.3 Å². The molecule has 4 rings (SSSR count). The molecule has 7 nitrogen and oxygen atoms in total. The van der Waals surface area contributed by atoms with Gasteiger partial charge < -0.3 is 14.2 Å². The average molecular weight is 413 g/mol. The highest BCUT2D eigenvalue weighted by Crippen LogP contribution is 2.36. The molecule has 0 spiro atoms. The summed E-state index contributed by atoms with van der Waals surface area (Å²) in [6.07, 6.45) is 5.58. The molecule has 0 radical (unpaired) electrons. The van der Waals surface area contributed by atoms with Crippen LogP contribution in [-0.2, 0) is 0 Å². The van der Waals surface area contributed by atoms with E-state index in [0.29, 0.717) is 28.7 Å². The number of piperidine rings is 1. The van der Waals surface area contributed by atoms with Crippen LogP contribution in [0.3, 0.4) is 0 Å². The predicted molar refractivity (Wildman–Crippen MR) is 113 cm³/mol. The van der Waals surface area contributed by atoms with Gasteiger partial charge in [0.2, 0.25) is 0 Å². The highest BCUT2D eigenvalue weighted by atomic mass is 32.1. The van der Waals surface area contributed by atoms with Crippen molar-refractivity contribution in [2.45, 2.75) is 19.3 Å². The van der Waals surface area contributed by atoms with E-state index in [1.807, 2.05) is 22.8 Å². The topological polar surface area (TPSA) is 72.5 Å². The fourth-order valence-electron chi connectivity index (χ4n) is 3.65. The molecule has 0 atom stereocenters. The van der Waals surface area contributed by atoms with Crippen LogP contribution in [0.5, 0.6) is 17.2 Å². The van der Waals surface area contributed by atoms with Crippen LogP contribution in [0.25, 0.3) is 16.0 Å². The zero-order valence-electron chi connectivity index (χ0n) is 16.7. The normalized spacial score (nSPS) is 14.7. The lowest BCUT2D eigenvalue weighted by Gasteiger charge is -2.26. The number of ether oxygens (including phenoxy) is 3. The Bertz CT molecular complexity index is 1030. The zero-order chi connectivity index (χ0) is 20.2. The van der Waals surface area contributed by atoms with Crippen molar-refractivity contribution in [1.82, 2.24) is 14.5 Å². The molecule has 152 valence electrons. The lowest BCUT2D eigenvalue weighted by Crippen LogP contribution is -2.33. The van der Waals surface area contributed by atoms with E-state index in [1.54, 1.807) is 20.5 Å². The van der Waals surface area contributed by atoms with Crippen LogP contribution in [0.4, 0.5) is 0 Å². The Morgan fingerprint density at radius 1 is 1.07 bits per heavy atom. The molecule has 0 unspecified atom stereocenters. The molecule has 29 heavy (non-hydrogen) atoms. The van der Waals surface area contributed by atoms with E-state index in [0.717, 1.165) is 35.7 Å². The van der Waals surface area contributed by atoms with E-state index in [9.17, 15) is 5.26 Å². The van der Waals surface area contributed by atoms with Crippen molar-refractivity contribution in [1.29, 1.82) is 5.26 Å². The third-order valence-corrected chi connectivity index (χ3v) is 6.21. The third kappa shape index (κ3) is 4.02. The molecule has 1 saturated heterocycles. The van der Waals surface area contributed by atoms with Gasteiger partial charge in [0.05, 0.1) is 25.3 Å². The van der Waals surface area contributed by atoms with Gasteiger partial charge in [-0.1, -0.05) is 6.42 Å². The van der Waals surface area contributed by atoms with Crippen LogP contribution in [0.2, 0.25) is 0 Å². The first-order valence-corrected chi connectivity index (χ1v) is 10.5. The van der Waals surface area contributed by atoms with E-state index in [4.69, 9.17) is 14.2 Å². The molecule has 0 aliphatic carbocycles. The summed E-state index contributed by atoms with van der Waals surface area (Å²) in [5, 5.41) is 10.4. The van der Waals surface area contributed by atoms with Crippen LogP contribution >= 0.6 is 11.3 Å². The van der Waals surface area contributed by atoms with E-state index in [2.05, 4.69) is 16.0 Å². The minimum absolute atomic E-state index is 0.570. The molecule has 1 aromatic carbocycles. The number of thiophene rings is 1. The minimum atomic E-state index is 0.570. The van der Waals surface area contributed by atoms with Gasteiger partial charge in [-0.15, -0.1) is 11.3 Å². The Labute approximate surface area is 174 Å². The van der Waals surface area contributed by atoms with Crippen molar-refractivity contribution in [3.05, 3.63) is 29.4 Å². The Morgan fingerprint density at radius 3 is 2.55 bits per heavy atom. The molecular weight excluding hydrogens is 388 g/mol. The number of hydrogen-bond acceptors (Lipinski definition) is 7. The van der Waals surface area contributed by atoms with E-state index in [1.165, 1.54) is 30.6 Å². The van der Waals surface area contributed by atoms with Gasteiger partial charge in [0.25, 0.3) is 0 Å². The summed E-state index contributed by atoms with van der Waals surface area (Å²) in [6.45, 7) is 3.74. The lowest BCUT2D eigenvalue weighted by molar-refractivity contribution is 0.183. The monoisotopic (exact) mass is 412 g/mol. The maximum Gasteiger partial charge on any atom is 0.163 e. The molecule has 3 aromatic rings. The van der Waals surface area contributed by atoms with Crippen molar-refractivity contribution in [2.24, 2.45) is 0 Å². The first-order chi connectivity index (χ1) is 14.2. The van der Waals surface area contributed by atoms with Crippen LogP contribution in [0.15, 0.2) is 24.5 Å². The number of nitriles is 1. The van der Waals surface area contributed by atoms with Crippen molar-refractivity contribution >= 4 is 22.4 Å². The second-order valence-electron chi connectivity index (χ2n) is 6.95. The van der Waals surface area contributed by atoms with Crippen molar-refractivity contribution in [3.8, 4) is 28.3 Å². The number of nitrogens with zero attached hydrogens (tertiary/aromatic N) is 4. The van der Waals surface area contributed by atoms with Gasteiger partial charge in [-0.05, 0) is 25.9 Å². The summed E-state index contributed by atoms with van der Waals surface area (Å²) >= 11 is 1.39. The second kappa shape index (κ2) is 8.72. The fraction of sp³-hybridized carbons (Fsp3) is 0.429. The Balaban J connectivity index is 1.56. The van der Waals surface area contributed by atoms with E-state index < -0.39 is 0 Å². The molecule has 1 aliphatic rings. The highest BCUT2D eigenvalue weighted by Gasteiger charge is 2.17. The smallest absolute Gasteiger partial charge is 0.163 e. The largest absolute Gasteiger partial charge is 0.493 e. The predicted octanol–water partition coefficient (Wildman–Crippen LogP) is 3.84. The number of likely N-dealkylation sites (tertiary alicyclic amines) is 1. The number of aromatic nitrogens is 2. The molecule has 0 amide bonds. The van der Waals surface area contributed by atoms with Gasteiger partial charge in [-0.3, -0.25) is 9.47 Å². The summed E-state index contributed by atoms with van der Waals surface area (Å²) in [4.78, 5) is 7.46. The van der Waals surface area contributed by atoms with E-state index >= 15 is 0 Å². The zero-order valence-corrected chi connectivity index (χ0v) is 17.5. The molecule has 1 aliphatic heterocycles. The molecule has 8 heteroatoms. The summed E-state index contributed by atoms with van der Waals surface area (Å²) in [6, 6.07) is 7.91. The molecular formula is C21H24N4O3S. The highest BCUT2D eigenvalue weighted by molar-refractivity contribution is 7.15. The van der Waals surface area contributed by atoms with Crippen molar-refractivity contribution in [2.75, 3.05) is 40.5 Å². The Hall–Kier alpha value is -2.76. The van der Waals surface area contributed by atoms with Crippen molar-refractivity contribution < 1.29 is 14.2 Å². The lowest BCUT2D eigenvalue weighted by atomic mass is 10.1. The summed E-state index contributed by atoms with van der Waals surface area (Å²) in [7, 11) is 3.21. The SMILES string of the molecule is COc1cc2ncn(-c3cc(OCCN4CCCCC4)c(C#N)s3)c2cc1OC. The fourth-order valence-corrected chi connectivity index (χ4v) is 4.53. The van der Waals surface area contributed by atoms with Gasteiger partial charge in [0.15, 0.2) is 11.5 Å². The maximum absolute atomic E-state index is 9.55. The van der Waals surface area contributed by atoms with Gasteiger partial charge in [0.1, 0.15) is 34.6 Å². The third-order valence-electron chi connectivity index (χ3n) is 5.19. The van der Waals surface area contributed by atoms with Crippen molar-refractivity contribution in [3.63, 3.8) is 0 Å². The molecule has 0 bridgehead atoms. The quantitative estimate of drug-likeness (QED) is 0.587. The summed E-state index contributed by atoms with van der Waals surface area (Å²) in [5.74, 6) is 1.90. The molecule has 0 saturated carbocycles. The first-order valence-electron chi connectivity index (χ1n) is 9.72. The first kappa shape index (κ1) is 19.6. The number of hydrogen-bond donors (Lipinski definition) is 0. The standard InChI is InChI=1S/C21H24N4O3S/c1-26-17-10-15-16(11-18(17)27-2)25(14-23-15)21-12-19(20(13-22)29-21)28-9-8-24-6-4-3-5-7-24/h10-12,14H,3-9H2,1-2H3. The summed E-state index contributed by atoms with van der Waals surface area (Å²) in [5.41, 5.74) is 1.68. The second-order valence-corrected chi connectivity index (χ2v) is 7.98. The number of imidazole rings is 1. The number of benzene rings is 1. The minimum Gasteiger partial charge on any atom is -0.493 e. The maximum atomic E-state index is 9.55. The van der Waals surface area contributed by atoms with Gasteiger partial charge in [0, 0.05) is 24.7 Å². The Morgan fingerprint density at radius 2 is 1.83 bits per heavy atom. The van der Waals surface area contributed by atoms with E-state index in [-0.39, 0.29) is 0 Å². The average Bonchev–Trinajstić information content (AvgIpc) is 3.36. The molecule has 0 N–H and O–H groups in total.